The molecule has 14 nitrogen and oxygen atoms in total. The van der Waals surface area contributed by atoms with Gasteiger partial charge in [0.1, 0.15) is 40.9 Å². The fraction of sp³-hybridized carbons (Fsp3) is 0.277. The Morgan fingerprint density at radius 3 is 1.82 bits per heavy atom. The molecule has 0 aliphatic rings. The zero-order chi connectivity index (χ0) is 44.4. The third-order valence-electron chi connectivity index (χ3n) is 9.78. The van der Waals surface area contributed by atoms with Crippen LogP contribution in [-0.2, 0) is 32.2 Å². The lowest BCUT2D eigenvalue weighted by Gasteiger charge is -2.27. The highest BCUT2D eigenvalue weighted by molar-refractivity contribution is 6.31. The number of nitrogens with zero attached hydrogens (tertiary/aromatic N) is 4. The summed E-state index contributed by atoms with van der Waals surface area (Å²) in [5.41, 5.74) is 7.06. The number of methoxy groups -OCH3 is 2. The number of amides is 3. The van der Waals surface area contributed by atoms with Crippen LogP contribution in [0.3, 0.4) is 0 Å². The van der Waals surface area contributed by atoms with Crippen LogP contribution in [0.2, 0.25) is 5.15 Å². The van der Waals surface area contributed by atoms with Crippen molar-refractivity contribution >= 4 is 36.0 Å². The molecule has 0 aliphatic heterocycles. The summed E-state index contributed by atoms with van der Waals surface area (Å²) in [7, 11) is 4.62. The zero-order valence-electron chi connectivity index (χ0n) is 35.6. The molecule has 2 heterocycles. The Bertz CT molecular complexity index is 2340. The SMILES string of the molecule is CCCN(C)Cc1ncc(-c2ccc(-c3ccc(-c4nc(CN(CCC)C(=O)[C@@H](NC(=O)OC)c5ccccc5)[nH]c4Cl)cc3)cc2)[nH]1.COC(=O)N[C@H](C=O)c1ccccc1. The third-order valence-corrected chi connectivity index (χ3v) is 10.1. The van der Waals surface area contributed by atoms with Gasteiger partial charge >= 0.3 is 12.2 Å². The number of H-pyrrole nitrogens is 2. The predicted octanol–water partition coefficient (Wildman–Crippen LogP) is 8.75. The van der Waals surface area contributed by atoms with Crippen LogP contribution in [0.1, 0.15) is 61.5 Å². The second kappa shape index (κ2) is 23.3. The first-order valence-corrected chi connectivity index (χ1v) is 20.7. The largest absolute Gasteiger partial charge is 0.453 e. The first-order valence-electron chi connectivity index (χ1n) is 20.3. The van der Waals surface area contributed by atoms with E-state index in [1.165, 1.54) is 14.2 Å². The predicted molar refractivity (Wildman–Crippen MR) is 240 cm³/mol. The topological polar surface area (TPSA) is 175 Å². The van der Waals surface area contributed by atoms with Crippen LogP contribution in [0.15, 0.2) is 115 Å². The van der Waals surface area contributed by atoms with E-state index in [0.717, 1.165) is 65.3 Å². The van der Waals surface area contributed by atoms with Crippen LogP contribution in [0, 0.1) is 0 Å². The standard InChI is InChI=1S/C37H42ClN7O3.C10H11NO3/c1-5-20-44(3)23-31-39-22-30(40-31)27-16-12-25(13-17-27)26-14-18-29(19-15-26)33-35(38)42-32(41-33)24-45(21-6-2)36(46)34(43-37(47)48-4)28-10-8-7-9-11-28;1-14-10(13)11-9(7-12)8-5-3-2-4-6-8/h7-19,22,34H,5-6,20-21,23-24H2,1-4H3,(H,39,40)(H,41,42)(H,43,47);2-7,9H,1H3,(H,11,13)/t34-;9-/m01/s1. The minimum Gasteiger partial charge on any atom is -0.453 e. The Labute approximate surface area is 367 Å². The summed E-state index contributed by atoms with van der Waals surface area (Å²) in [6.45, 7) is 6.64. The molecule has 0 bridgehead atoms. The fourth-order valence-electron chi connectivity index (χ4n) is 6.69. The molecule has 15 heteroatoms. The van der Waals surface area contributed by atoms with E-state index in [1.54, 1.807) is 41.3 Å². The maximum absolute atomic E-state index is 13.8. The molecule has 0 fully saturated rings. The number of halogens is 1. The van der Waals surface area contributed by atoms with E-state index in [4.69, 9.17) is 21.3 Å². The second-order valence-corrected chi connectivity index (χ2v) is 14.8. The van der Waals surface area contributed by atoms with Crippen molar-refractivity contribution in [3.8, 4) is 33.6 Å². The molecule has 2 aromatic heterocycles. The maximum Gasteiger partial charge on any atom is 0.407 e. The molecular weight excluding hydrogens is 808 g/mol. The van der Waals surface area contributed by atoms with Crippen molar-refractivity contribution in [3.63, 3.8) is 0 Å². The normalized spacial score (nSPS) is 11.7. The van der Waals surface area contributed by atoms with Crippen molar-refractivity contribution in [2.45, 2.75) is 51.9 Å². The minimum absolute atomic E-state index is 0.191. The molecule has 0 radical (unpaired) electrons. The number of carbonyl (C=O) groups is 4. The van der Waals surface area contributed by atoms with Gasteiger partial charge in [0, 0.05) is 12.1 Å². The van der Waals surface area contributed by atoms with Crippen LogP contribution in [0.5, 0.6) is 0 Å². The highest BCUT2D eigenvalue weighted by Crippen LogP contribution is 2.30. The molecule has 0 aliphatic carbocycles. The second-order valence-electron chi connectivity index (χ2n) is 14.4. The Kier molecular flexibility index (Phi) is 17.4. The quantitative estimate of drug-likeness (QED) is 0.0654. The molecule has 4 aromatic carbocycles. The molecule has 0 saturated heterocycles. The number of carbonyl (C=O) groups excluding carboxylic acids is 4. The van der Waals surface area contributed by atoms with Crippen LogP contribution in [0.4, 0.5) is 9.59 Å². The number of rotatable bonds is 17. The first-order chi connectivity index (χ1) is 30.1. The number of aromatic amines is 2. The maximum atomic E-state index is 13.8. The highest BCUT2D eigenvalue weighted by atomic mass is 35.5. The summed E-state index contributed by atoms with van der Waals surface area (Å²) in [4.78, 5) is 67.3. The monoisotopic (exact) mass is 860 g/mol. The first kappa shape index (κ1) is 46.3. The van der Waals surface area contributed by atoms with Crippen LogP contribution in [0.25, 0.3) is 33.6 Å². The molecule has 0 saturated carbocycles. The van der Waals surface area contributed by atoms with E-state index in [1.807, 2.05) is 61.7 Å². The zero-order valence-corrected chi connectivity index (χ0v) is 36.3. The van der Waals surface area contributed by atoms with Crippen LogP contribution < -0.4 is 10.6 Å². The van der Waals surface area contributed by atoms with Gasteiger partial charge in [0.25, 0.3) is 0 Å². The Morgan fingerprint density at radius 1 is 0.710 bits per heavy atom. The van der Waals surface area contributed by atoms with E-state index in [-0.39, 0.29) is 12.5 Å². The molecule has 3 amide bonds. The van der Waals surface area contributed by atoms with Crippen molar-refractivity contribution < 1.29 is 28.7 Å². The van der Waals surface area contributed by atoms with Gasteiger partial charge in [-0.1, -0.05) is 135 Å². The van der Waals surface area contributed by atoms with Crippen molar-refractivity contribution in [2.75, 3.05) is 34.4 Å². The molecule has 0 spiro atoms. The molecule has 6 rings (SSSR count). The van der Waals surface area contributed by atoms with E-state index in [0.29, 0.717) is 35.1 Å². The van der Waals surface area contributed by atoms with E-state index < -0.39 is 24.3 Å². The third kappa shape index (κ3) is 12.9. The van der Waals surface area contributed by atoms with Gasteiger partial charge < -0.3 is 39.8 Å². The Hall–Kier alpha value is -6.77. The summed E-state index contributed by atoms with van der Waals surface area (Å²) >= 11 is 6.64. The molecule has 324 valence electrons. The summed E-state index contributed by atoms with van der Waals surface area (Å²) in [6.07, 6.45) is 3.07. The number of hydrogen-bond donors (Lipinski definition) is 4. The average molecular weight is 861 g/mol. The van der Waals surface area contributed by atoms with Crippen molar-refractivity contribution in [2.24, 2.45) is 0 Å². The number of aromatic nitrogens is 4. The van der Waals surface area contributed by atoms with Crippen molar-refractivity contribution in [1.29, 1.82) is 0 Å². The molecule has 2 atom stereocenters. The smallest absolute Gasteiger partial charge is 0.407 e. The van der Waals surface area contributed by atoms with Gasteiger partial charge in [0.2, 0.25) is 5.91 Å². The average Bonchev–Trinajstić information content (AvgIpc) is 3.93. The van der Waals surface area contributed by atoms with Gasteiger partial charge in [-0.2, -0.15) is 0 Å². The van der Waals surface area contributed by atoms with Crippen LogP contribution >= 0.6 is 11.6 Å². The number of ether oxygens (including phenoxy) is 2. The van der Waals surface area contributed by atoms with E-state index in [2.05, 4.69) is 73.5 Å². The number of hydrogen-bond acceptors (Lipinski definition) is 9. The van der Waals surface area contributed by atoms with E-state index in [9.17, 15) is 19.2 Å². The number of benzene rings is 4. The number of nitrogens with one attached hydrogen (secondary N) is 4. The minimum atomic E-state index is -0.911. The molecule has 6 aromatic rings. The summed E-state index contributed by atoms with van der Waals surface area (Å²) in [5.74, 6) is 1.23. The summed E-state index contributed by atoms with van der Waals surface area (Å²) in [5, 5.41) is 5.47. The van der Waals surface area contributed by atoms with Crippen molar-refractivity contribution in [1.82, 2.24) is 40.4 Å². The van der Waals surface area contributed by atoms with Gasteiger partial charge in [-0.05, 0) is 54.3 Å². The number of imidazole rings is 2. The summed E-state index contributed by atoms with van der Waals surface area (Å²) < 4.78 is 9.19. The van der Waals surface area contributed by atoms with Gasteiger partial charge in [-0.25, -0.2) is 19.6 Å². The van der Waals surface area contributed by atoms with Gasteiger partial charge in [-0.15, -0.1) is 0 Å². The summed E-state index contributed by atoms with van der Waals surface area (Å²) in [6, 6.07) is 32.9. The highest BCUT2D eigenvalue weighted by Gasteiger charge is 2.28. The van der Waals surface area contributed by atoms with Gasteiger partial charge in [0.15, 0.2) is 0 Å². The van der Waals surface area contributed by atoms with Crippen LogP contribution in [-0.4, -0.2) is 88.5 Å². The lowest BCUT2D eigenvalue weighted by atomic mass is 10.0. The lowest BCUT2D eigenvalue weighted by molar-refractivity contribution is -0.134. The molecular formula is C47H53ClN8O6. The fourth-order valence-corrected chi connectivity index (χ4v) is 6.95. The molecule has 62 heavy (non-hydrogen) atoms. The molecule has 0 unspecified atom stereocenters. The Balaban J connectivity index is 0.000000441. The van der Waals surface area contributed by atoms with Gasteiger partial charge in [0.05, 0.1) is 39.2 Å². The molecule has 4 N–H and O–H groups in total. The number of aldehydes is 1. The van der Waals surface area contributed by atoms with Crippen molar-refractivity contribution in [3.05, 3.63) is 143 Å². The number of alkyl carbamates (subject to hydrolysis) is 2. The Morgan fingerprint density at radius 2 is 1.26 bits per heavy atom. The van der Waals surface area contributed by atoms with E-state index >= 15 is 0 Å². The lowest BCUT2D eigenvalue weighted by Crippen LogP contribution is -2.43. The van der Waals surface area contributed by atoms with Gasteiger partial charge in [-0.3, -0.25) is 9.69 Å².